The van der Waals surface area contributed by atoms with Crippen molar-refractivity contribution in [1.29, 1.82) is 0 Å². The first kappa shape index (κ1) is 24.3. The van der Waals surface area contributed by atoms with E-state index in [9.17, 15) is 9.90 Å². The minimum absolute atomic E-state index is 0.132. The molecule has 11 heteroatoms. The summed E-state index contributed by atoms with van der Waals surface area (Å²) in [4.78, 5) is 25.9. The van der Waals surface area contributed by atoms with Crippen molar-refractivity contribution in [3.63, 3.8) is 0 Å². The van der Waals surface area contributed by atoms with Crippen molar-refractivity contribution in [3.05, 3.63) is 39.8 Å². The Morgan fingerprint density at radius 1 is 1.34 bits per heavy atom. The average molecular weight is 557 g/mol. The molecule has 0 fully saturated rings. The third-order valence-corrected chi connectivity index (χ3v) is 6.78. The molecular formula is C21H30IN6O4-. The van der Waals surface area contributed by atoms with Gasteiger partial charge in [-0.15, -0.1) is 0 Å². The van der Waals surface area contributed by atoms with Crippen LogP contribution < -0.4 is 42.4 Å². The summed E-state index contributed by atoms with van der Waals surface area (Å²) >= 11 is -0.215. The summed E-state index contributed by atoms with van der Waals surface area (Å²) in [6, 6.07) is 6.02. The number of anilines is 1. The number of halogens is 1. The number of ether oxygens (including phenoxy) is 2. The Labute approximate surface area is 197 Å². The van der Waals surface area contributed by atoms with Gasteiger partial charge in [0.2, 0.25) is 0 Å². The number of alkyl halides is 1. The van der Waals surface area contributed by atoms with Crippen molar-refractivity contribution >= 4 is 17.0 Å². The summed E-state index contributed by atoms with van der Waals surface area (Å²) in [5.74, 6) is 0.898. The van der Waals surface area contributed by atoms with Gasteiger partial charge in [-0.1, -0.05) is 0 Å². The predicted molar refractivity (Wildman–Crippen MR) is 118 cm³/mol. The standard InChI is InChI=1S/C21H30IN6O4/c1-6-32-19-25-17(23)16-18(26-19)28(20(29)24-16)10-13-7-8-14(15(9-13)31-5)11-27(22-4)12-21(2,3)30/h7-9,30H,6,10-12H2,1-5H3,(H,24,29)(H2,23,25,26)/q-1. The number of fused-ring (bicyclic) bond motifs is 1. The van der Waals surface area contributed by atoms with E-state index in [1.165, 1.54) is 4.57 Å². The van der Waals surface area contributed by atoms with E-state index in [1.54, 1.807) is 7.11 Å². The number of aromatic amines is 1. The Hall–Kier alpha value is -2.38. The SMILES string of the molecule is CCOc1nc(N)c2[nH]c(=O)n(Cc3ccc(CN(CC(C)(C)O)[I-]C)c(OC)c3)c2n1. The summed E-state index contributed by atoms with van der Waals surface area (Å²) in [7, 11) is 1.63. The number of aliphatic hydroxyl groups is 1. The van der Waals surface area contributed by atoms with Gasteiger partial charge in [0.25, 0.3) is 0 Å². The molecule has 0 radical (unpaired) electrons. The van der Waals surface area contributed by atoms with Crippen LogP contribution in [0.25, 0.3) is 11.2 Å². The molecule has 32 heavy (non-hydrogen) atoms. The van der Waals surface area contributed by atoms with Crippen LogP contribution in [0.2, 0.25) is 0 Å². The second kappa shape index (κ2) is 10.0. The van der Waals surface area contributed by atoms with Gasteiger partial charge in [-0.25, -0.2) is 0 Å². The van der Waals surface area contributed by atoms with Crippen molar-refractivity contribution in [1.82, 2.24) is 22.6 Å². The Morgan fingerprint density at radius 2 is 2.09 bits per heavy atom. The van der Waals surface area contributed by atoms with Crippen LogP contribution in [-0.2, 0) is 13.1 Å². The summed E-state index contributed by atoms with van der Waals surface area (Å²) in [6.45, 7) is 7.40. The molecule has 0 saturated heterocycles. The van der Waals surface area contributed by atoms with Crippen LogP contribution in [0.15, 0.2) is 23.0 Å². The molecule has 0 spiro atoms. The molecule has 0 aliphatic heterocycles. The molecule has 2 aromatic heterocycles. The van der Waals surface area contributed by atoms with E-state index in [4.69, 9.17) is 15.2 Å². The zero-order valence-electron chi connectivity index (χ0n) is 19.0. The maximum absolute atomic E-state index is 12.6. The van der Waals surface area contributed by atoms with Gasteiger partial charge < -0.3 is 0 Å². The fraction of sp³-hybridized carbons (Fsp3) is 0.476. The van der Waals surface area contributed by atoms with Gasteiger partial charge >= 0.3 is 184 Å². The molecule has 0 aliphatic rings. The van der Waals surface area contributed by atoms with Crippen LogP contribution in [0, 0.1) is 0 Å². The average Bonchev–Trinajstić information content (AvgIpc) is 3.03. The van der Waals surface area contributed by atoms with Crippen LogP contribution in [0.1, 0.15) is 31.9 Å². The number of rotatable bonds is 10. The van der Waals surface area contributed by atoms with Gasteiger partial charge in [-0.2, -0.15) is 0 Å². The third kappa shape index (κ3) is 5.70. The summed E-state index contributed by atoms with van der Waals surface area (Å²) in [5, 5.41) is 10.2. The van der Waals surface area contributed by atoms with Gasteiger partial charge in [-0.3, -0.25) is 0 Å². The van der Waals surface area contributed by atoms with E-state index < -0.39 is 5.60 Å². The van der Waals surface area contributed by atoms with Crippen molar-refractivity contribution in [2.75, 3.05) is 30.9 Å². The third-order valence-electron chi connectivity index (χ3n) is 4.74. The number of nitrogens with zero attached hydrogens (tertiary/aromatic N) is 4. The van der Waals surface area contributed by atoms with E-state index in [-0.39, 0.29) is 45.5 Å². The second-order valence-corrected chi connectivity index (χ2v) is 10.3. The number of imidazole rings is 1. The van der Waals surface area contributed by atoms with Crippen molar-refractivity contribution in [2.45, 2.75) is 39.5 Å². The number of H-pyrrole nitrogens is 1. The van der Waals surface area contributed by atoms with Crippen LogP contribution in [0.3, 0.4) is 0 Å². The topological polar surface area (TPSA) is 132 Å². The predicted octanol–water partition coefficient (Wildman–Crippen LogP) is -1.64. The molecule has 2 heterocycles. The van der Waals surface area contributed by atoms with Crippen LogP contribution >= 0.6 is 0 Å². The molecule has 0 atom stereocenters. The monoisotopic (exact) mass is 557 g/mol. The number of nitrogens with two attached hydrogens (primary N) is 1. The molecule has 4 N–H and O–H groups in total. The van der Waals surface area contributed by atoms with Gasteiger partial charge in [0.15, 0.2) is 0 Å². The fourth-order valence-electron chi connectivity index (χ4n) is 3.35. The van der Waals surface area contributed by atoms with E-state index in [0.29, 0.717) is 30.9 Å². The van der Waals surface area contributed by atoms with Crippen LogP contribution in [0.5, 0.6) is 11.8 Å². The van der Waals surface area contributed by atoms with Crippen molar-refractivity contribution in [2.24, 2.45) is 0 Å². The number of hydrogen-bond acceptors (Lipinski definition) is 8. The number of nitrogens with one attached hydrogen (secondary N) is 1. The normalized spacial score (nSPS) is 12.1. The van der Waals surface area contributed by atoms with Crippen molar-refractivity contribution in [3.8, 4) is 11.8 Å². The summed E-state index contributed by atoms with van der Waals surface area (Å²) < 4.78 is 14.8. The summed E-state index contributed by atoms with van der Waals surface area (Å²) in [6.07, 6.45) is 0. The quantitative estimate of drug-likeness (QED) is 0.154. The molecular weight excluding hydrogens is 527 g/mol. The number of benzene rings is 1. The van der Waals surface area contributed by atoms with Crippen molar-refractivity contribution < 1.29 is 36.1 Å². The molecule has 0 amide bonds. The van der Waals surface area contributed by atoms with E-state index >= 15 is 0 Å². The second-order valence-electron chi connectivity index (χ2n) is 7.95. The van der Waals surface area contributed by atoms with Gasteiger partial charge in [-0.05, 0) is 6.92 Å². The number of aromatic nitrogens is 4. The van der Waals surface area contributed by atoms with E-state index in [1.807, 2.05) is 39.0 Å². The van der Waals surface area contributed by atoms with E-state index in [0.717, 1.165) is 16.9 Å². The molecule has 0 saturated carbocycles. The molecule has 176 valence electrons. The van der Waals surface area contributed by atoms with Gasteiger partial charge in [0, 0.05) is 0 Å². The summed E-state index contributed by atoms with van der Waals surface area (Å²) in [5.41, 5.74) is 7.57. The maximum atomic E-state index is 12.6. The molecule has 0 bridgehead atoms. The molecule has 10 nitrogen and oxygen atoms in total. The van der Waals surface area contributed by atoms with Gasteiger partial charge in [0.1, 0.15) is 0 Å². The van der Waals surface area contributed by atoms with Gasteiger partial charge in [0.05, 0.1) is 6.61 Å². The van der Waals surface area contributed by atoms with E-state index in [2.05, 4.69) is 23.0 Å². The first-order chi connectivity index (χ1) is 15.1. The Kier molecular flexibility index (Phi) is 7.62. The zero-order chi connectivity index (χ0) is 23.5. The number of nitrogen functional groups attached to an aromatic ring is 1. The Balaban J connectivity index is 1.91. The zero-order valence-corrected chi connectivity index (χ0v) is 21.1. The van der Waals surface area contributed by atoms with Crippen LogP contribution in [-0.4, -0.2) is 58.5 Å². The number of hydrogen-bond donors (Lipinski definition) is 3. The molecule has 3 rings (SSSR count). The van der Waals surface area contributed by atoms with Crippen LogP contribution in [0.4, 0.5) is 5.82 Å². The molecule has 3 aromatic rings. The molecule has 1 aromatic carbocycles. The minimum atomic E-state index is -0.760. The number of methoxy groups -OCH3 is 1. The molecule has 0 aliphatic carbocycles. The first-order valence-corrected chi connectivity index (χ1v) is 13.3. The first-order valence-electron chi connectivity index (χ1n) is 10.2. The Bertz CT molecular complexity index is 1140. The fourth-order valence-corrected chi connectivity index (χ4v) is 5.24. The Morgan fingerprint density at radius 3 is 2.72 bits per heavy atom. The molecule has 0 unspecified atom stereocenters.